The molecule has 1 aromatic rings. The fourth-order valence-corrected chi connectivity index (χ4v) is 1.13. The Bertz CT molecular complexity index is 324. The first-order valence-electron chi connectivity index (χ1n) is 3.37. The summed E-state index contributed by atoms with van der Waals surface area (Å²) >= 11 is 0. The van der Waals surface area contributed by atoms with Gasteiger partial charge in [-0.15, -0.1) is 0 Å². The lowest BCUT2D eigenvalue weighted by molar-refractivity contribution is 0.242. The van der Waals surface area contributed by atoms with Crippen LogP contribution in [-0.2, 0) is 9.09 Å². The van der Waals surface area contributed by atoms with Crippen molar-refractivity contribution in [1.29, 1.82) is 0 Å². The number of phosphoric acid groups is 1. The lowest BCUT2D eigenvalue weighted by Crippen LogP contribution is -1.93. The highest BCUT2D eigenvalue weighted by Gasteiger charge is 2.19. The van der Waals surface area contributed by atoms with Gasteiger partial charge in [0.15, 0.2) is 0 Å². The third-order valence-corrected chi connectivity index (χ3v) is 2.17. The first-order chi connectivity index (χ1) is 6.03. The fourth-order valence-electron chi connectivity index (χ4n) is 0.666. The van der Waals surface area contributed by atoms with Gasteiger partial charge >= 0.3 is 7.82 Å². The van der Waals surface area contributed by atoms with Gasteiger partial charge in [-0.25, -0.2) is 8.96 Å². The quantitative estimate of drug-likeness (QED) is 0.768. The molecule has 1 unspecified atom stereocenters. The van der Waals surface area contributed by atoms with Crippen molar-refractivity contribution in [2.75, 3.05) is 7.11 Å². The van der Waals surface area contributed by atoms with Crippen LogP contribution in [0.2, 0.25) is 0 Å². The number of halogens is 1. The van der Waals surface area contributed by atoms with E-state index in [4.69, 9.17) is 4.89 Å². The first-order valence-corrected chi connectivity index (χ1v) is 4.87. The molecule has 0 bridgehead atoms. The first kappa shape index (κ1) is 10.2. The predicted molar refractivity (Wildman–Crippen MR) is 43.9 cm³/mol. The Morgan fingerprint density at radius 2 is 1.92 bits per heavy atom. The summed E-state index contributed by atoms with van der Waals surface area (Å²) in [6, 6.07) is 4.70. The van der Waals surface area contributed by atoms with Crippen LogP contribution in [-0.4, -0.2) is 12.0 Å². The number of benzene rings is 1. The zero-order chi connectivity index (χ0) is 9.90. The SMILES string of the molecule is COP(=O)(O)Oc1ccc(F)cc1. The molecule has 0 fully saturated rings. The average molecular weight is 206 g/mol. The van der Waals surface area contributed by atoms with Crippen LogP contribution < -0.4 is 4.52 Å². The summed E-state index contributed by atoms with van der Waals surface area (Å²) < 4.78 is 31.9. The van der Waals surface area contributed by atoms with E-state index in [1.807, 2.05) is 0 Å². The summed E-state index contributed by atoms with van der Waals surface area (Å²) in [5, 5.41) is 0. The van der Waals surface area contributed by atoms with E-state index in [0.717, 1.165) is 19.2 Å². The predicted octanol–water partition coefficient (Wildman–Crippen LogP) is 1.95. The Labute approximate surface area is 74.5 Å². The lowest BCUT2D eigenvalue weighted by Gasteiger charge is -2.09. The van der Waals surface area contributed by atoms with Crippen LogP contribution >= 0.6 is 7.82 Å². The summed E-state index contributed by atoms with van der Waals surface area (Å²) in [5.74, 6) is -0.369. The Kier molecular flexibility index (Phi) is 3.03. The van der Waals surface area contributed by atoms with Crippen molar-refractivity contribution < 1.29 is 22.9 Å². The molecule has 0 saturated carbocycles. The molecule has 6 heteroatoms. The topological polar surface area (TPSA) is 55.8 Å². The maximum absolute atomic E-state index is 12.4. The number of rotatable bonds is 3. The minimum atomic E-state index is -4.03. The monoisotopic (exact) mass is 206 g/mol. The van der Waals surface area contributed by atoms with Gasteiger partial charge in [0, 0.05) is 7.11 Å². The van der Waals surface area contributed by atoms with E-state index in [1.54, 1.807) is 0 Å². The molecule has 0 aliphatic heterocycles. The van der Waals surface area contributed by atoms with Crippen molar-refractivity contribution in [2.45, 2.75) is 0 Å². The molecule has 1 N–H and O–H groups in total. The Balaban J connectivity index is 2.75. The van der Waals surface area contributed by atoms with E-state index in [-0.39, 0.29) is 5.75 Å². The maximum atomic E-state index is 12.4. The van der Waals surface area contributed by atoms with Gasteiger partial charge in [-0.2, -0.15) is 0 Å². The molecule has 0 aromatic heterocycles. The zero-order valence-corrected chi connectivity index (χ0v) is 7.70. The minimum absolute atomic E-state index is 0.0779. The second-order valence-electron chi connectivity index (χ2n) is 2.20. The van der Waals surface area contributed by atoms with Gasteiger partial charge in [0.2, 0.25) is 0 Å². The van der Waals surface area contributed by atoms with Crippen molar-refractivity contribution in [3.8, 4) is 5.75 Å². The standard InChI is InChI=1S/C7H8FO4P/c1-11-13(9,10)12-7-4-2-6(8)3-5-7/h2-5H,1H3,(H,9,10). The van der Waals surface area contributed by atoms with Gasteiger partial charge < -0.3 is 4.52 Å². The molecule has 0 radical (unpaired) electrons. The third kappa shape index (κ3) is 3.14. The van der Waals surface area contributed by atoms with E-state index in [9.17, 15) is 8.96 Å². The molecular formula is C7H8FO4P. The van der Waals surface area contributed by atoms with E-state index in [1.165, 1.54) is 12.1 Å². The van der Waals surface area contributed by atoms with Crippen LogP contribution in [0.5, 0.6) is 5.75 Å². The van der Waals surface area contributed by atoms with E-state index in [2.05, 4.69) is 9.05 Å². The third-order valence-electron chi connectivity index (χ3n) is 1.27. The fraction of sp³-hybridized carbons (Fsp3) is 0.143. The molecule has 1 atom stereocenters. The second-order valence-corrected chi connectivity index (χ2v) is 3.68. The van der Waals surface area contributed by atoms with Gasteiger partial charge in [-0.05, 0) is 24.3 Å². The summed E-state index contributed by atoms with van der Waals surface area (Å²) in [4.78, 5) is 8.86. The van der Waals surface area contributed by atoms with Crippen molar-refractivity contribution >= 4 is 7.82 Å². The number of hydrogen-bond donors (Lipinski definition) is 1. The van der Waals surface area contributed by atoms with Crippen LogP contribution in [0.15, 0.2) is 24.3 Å². The summed E-state index contributed by atoms with van der Waals surface area (Å²) in [6.45, 7) is 0. The van der Waals surface area contributed by atoms with Gasteiger partial charge in [0.25, 0.3) is 0 Å². The van der Waals surface area contributed by atoms with Crippen molar-refractivity contribution in [3.63, 3.8) is 0 Å². The zero-order valence-electron chi connectivity index (χ0n) is 6.81. The molecule has 1 rings (SSSR count). The van der Waals surface area contributed by atoms with E-state index >= 15 is 0 Å². The van der Waals surface area contributed by atoms with Crippen molar-refractivity contribution in [2.24, 2.45) is 0 Å². The highest BCUT2D eigenvalue weighted by molar-refractivity contribution is 7.47. The number of phosphoric ester groups is 1. The van der Waals surface area contributed by atoms with Crippen LogP contribution in [0.1, 0.15) is 0 Å². The average Bonchev–Trinajstić information content (AvgIpc) is 2.09. The molecule has 1 aromatic carbocycles. The molecule has 0 spiro atoms. The molecule has 0 aliphatic carbocycles. The smallest absolute Gasteiger partial charge is 0.404 e. The van der Waals surface area contributed by atoms with Crippen LogP contribution in [0.4, 0.5) is 4.39 Å². The van der Waals surface area contributed by atoms with Crippen LogP contribution in [0.3, 0.4) is 0 Å². The maximum Gasteiger partial charge on any atom is 0.527 e. The summed E-state index contributed by atoms with van der Waals surface area (Å²) in [7, 11) is -2.99. The molecule has 0 aliphatic rings. The molecule has 0 saturated heterocycles. The van der Waals surface area contributed by atoms with Gasteiger partial charge in [-0.3, -0.25) is 9.42 Å². The largest absolute Gasteiger partial charge is 0.527 e. The van der Waals surface area contributed by atoms with Crippen molar-refractivity contribution in [1.82, 2.24) is 0 Å². The normalized spacial score (nSPS) is 15.0. The molecular weight excluding hydrogens is 198 g/mol. The highest BCUT2D eigenvalue weighted by Crippen LogP contribution is 2.42. The van der Waals surface area contributed by atoms with Gasteiger partial charge in [0.1, 0.15) is 11.6 Å². The summed E-state index contributed by atoms with van der Waals surface area (Å²) in [5.41, 5.74) is 0. The molecule has 0 heterocycles. The Hall–Kier alpha value is -0.900. The Morgan fingerprint density at radius 1 is 1.38 bits per heavy atom. The van der Waals surface area contributed by atoms with Crippen LogP contribution in [0.25, 0.3) is 0 Å². The second kappa shape index (κ2) is 3.87. The highest BCUT2D eigenvalue weighted by atomic mass is 31.2. The van der Waals surface area contributed by atoms with Crippen LogP contribution in [0, 0.1) is 5.82 Å². The van der Waals surface area contributed by atoms with Crippen molar-refractivity contribution in [3.05, 3.63) is 30.1 Å². The summed E-state index contributed by atoms with van der Waals surface area (Å²) in [6.07, 6.45) is 0. The number of hydrogen-bond acceptors (Lipinski definition) is 3. The lowest BCUT2D eigenvalue weighted by atomic mass is 10.3. The Morgan fingerprint density at radius 3 is 2.38 bits per heavy atom. The minimum Gasteiger partial charge on any atom is -0.404 e. The van der Waals surface area contributed by atoms with E-state index in [0.29, 0.717) is 0 Å². The molecule has 0 amide bonds. The molecule has 72 valence electrons. The molecule has 4 nitrogen and oxygen atoms in total. The van der Waals surface area contributed by atoms with Gasteiger partial charge in [-0.1, -0.05) is 0 Å². The van der Waals surface area contributed by atoms with E-state index < -0.39 is 13.6 Å². The van der Waals surface area contributed by atoms with Gasteiger partial charge in [0.05, 0.1) is 0 Å². The molecule has 13 heavy (non-hydrogen) atoms.